The molecule has 6 nitrogen and oxygen atoms in total. The van der Waals surface area contributed by atoms with Crippen LogP contribution >= 0.6 is 11.6 Å². The van der Waals surface area contributed by atoms with Crippen molar-refractivity contribution >= 4 is 24.0 Å². The van der Waals surface area contributed by atoms with Gasteiger partial charge in [0.15, 0.2) is 6.29 Å². The minimum Gasteiger partial charge on any atom is -0.444 e. The molecule has 0 aliphatic heterocycles. The summed E-state index contributed by atoms with van der Waals surface area (Å²) in [4.78, 5) is 32.0. The highest BCUT2D eigenvalue weighted by atomic mass is 35.5. The van der Waals surface area contributed by atoms with Crippen LogP contribution in [0.15, 0.2) is 24.4 Å². The number of ether oxygens (including phenoxy) is 1. The zero-order chi connectivity index (χ0) is 18.6. The Kier molecular flexibility index (Phi) is 5.85. The van der Waals surface area contributed by atoms with Crippen molar-refractivity contribution in [3.8, 4) is 11.3 Å². The lowest BCUT2D eigenvalue weighted by Crippen LogP contribution is -2.35. The van der Waals surface area contributed by atoms with Crippen molar-refractivity contribution < 1.29 is 14.3 Å². The normalized spacial score (nSPS) is 11.2. The van der Waals surface area contributed by atoms with E-state index < -0.39 is 11.7 Å². The second-order valence-electron chi connectivity index (χ2n) is 6.75. The van der Waals surface area contributed by atoms with Crippen molar-refractivity contribution in [1.29, 1.82) is 0 Å². The number of rotatable bonds is 5. The predicted molar refractivity (Wildman–Crippen MR) is 97.0 cm³/mol. The predicted octanol–water partition coefficient (Wildman–Crippen LogP) is 3.95. The first kappa shape index (κ1) is 19.0. The maximum Gasteiger partial charge on any atom is 0.410 e. The summed E-state index contributed by atoms with van der Waals surface area (Å²) < 4.78 is 5.32. The molecule has 0 atom stereocenters. The summed E-state index contributed by atoms with van der Waals surface area (Å²) in [5.74, 6) is 0. The summed E-state index contributed by atoms with van der Waals surface area (Å²) in [5, 5.41) is 0.381. The van der Waals surface area contributed by atoms with Crippen LogP contribution in [0.3, 0.4) is 0 Å². The van der Waals surface area contributed by atoms with E-state index in [4.69, 9.17) is 16.3 Å². The molecule has 7 heteroatoms. The van der Waals surface area contributed by atoms with E-state index in [1.807, 2.05) is 26.8 Å². The van der Waals surface area contributed by atoms with Crippen LogP contribution < -0.4 is 0 Å². The van der Waals surface area contributed by atoms with Gasteiger partial charge in [0.05, 0.1) is 0 Å². The molecule has 0 fully saturated rings. The number of nitrogens with zero attached hydrogens (tertiary/aromatic N) is 2. The number of amides is 1. The summed E-state index contributed by atoms with van der Waals surface area (Å²) in [5.41, 5.74) is 2.39. The fraction of sp³-hybridized carbons (Fsp3) is 0.389. The summed E-state index contributed by atoms with van der Waals surface area (Å²) >= 11 is 5.91. The monoisotopic (exact) mass is 363 g/mol. The second kappa shape index (κ2) is 7.70. The zero-order valence-corrected chi connectivity index (χ0v) is 15.6. The van der Waals surface area contributed by atoms with Gasteiger partial charge in [-0.05, 0) is 39.0 Å². The number of carbonyl (C=O) groups is 2. The lowest BCUT2D eigenvalue weighted by atomic mass is 10.1. The van der Waals surface area contributed by atoms with Gasteiger partial charge in [0.1, 0.15) is 10.8 Å². The molecule has 1 N–H and O–H groups in total. The maximum absolute atomic E-state index is 12.0. The average Bonchev–Trinajstić information content (AvgIpc) is 2.94. The molecule has 0 bridgehead atoms. The van der Waals surface area contributed by atoms with Crippen LogP contribution in [0.1, 0.15) is 36.8 Å². The van der Waals surface area contributed by atoms with Crippen LogP contribution in [0.2, 0.25) is 5.15 Å². The number of aldehydes is 1. The van der Waals surface area contributed by atoms with Crippen LogP contribution in [0.4, 0.5) is 4.79 Å². The van der Waals surface area contributed by atoms with E-state index in [-0.39, 0.29) is 0 Å². The van der Waals surface area contributed by atoms with Crippen LogP contribution in [-0.2, 0) is 11.2 Å². The van der Waals surface area contributed by atoms with E-state index in [2.05, 4.69) is 9.97 Å². The van der Waals surface area contributed by atoms with Crippen LogP contribution in [-0.4, -0.2) is 46.4 Å². The molecule has 0 aromatic carbocycles. The van der Waals surface area contributed by atoms with Crippen molar-refractivity contribution in [3.63, 3.8) is 0 Å². The topological polar surface area (TPSA) is 75.3 Å². The molecule has 1 amide bonds. The third kappa shape index (κ3) is 5.32. The number of halogens is 1. The quantitative estimate of drug-likeness (QED) is 0.644. The van der Waals surface area contributed by atoms with Crippen molar-refractivity contribution in [3.05, 3.63) is 40.8 Å². The van der Waals surface area contributed by atoms with Gasteiger partial charge < -0.3 is 14.6 Å². The summed E-state index contributed by atoms with van der Waals surface area (Å²) in [6.07, 6.45) is 2.51. The minimum absolute atomic E-state index is 0.381. The van der Waals surface area contributed by atoms with Crippen LogP contribution in [0.5, 0.6) is 0 Å². The highest BCUT2D eigenvalue weighted by Gasteiger charge is 2.20. The van der Waals surface area contributed by atoms with E-state index in [1.165, 1.54) is 4.90 Å². The molecule has 2 rings (SSSR count). The largest absolute Gasteiger partial charge is 0.444 e. The third-order valence-corrected chi connectivity index (χ3v) is 3.71. The summed E-state index contributed by atoms with van der Waals surface area (Å²) in [6, 6.07) is 5.29. The highest BCUT2D eigenvalue weighted by molar-refractivity contribution is 6.29. The van der Waals surface area contributed by atoms with Crippen molar-refractivity contribution in [1.82, 2.24) is 14.9 Å². The molecular formula is C18H22ClN3O3. The molecular weight excluding hydrogens is 342 g/mol. The zero-order valence-electron chi connectivity index (χ0n) is 14.8. The van der Waals surface area contributed by atoms with Crippen LogP contribution in [0.25, 0.3) is 11.3 Å². The number of carbonyl (C=O) groups excluding carboxylic acids is 2. The molecule has 2 aromatic heterocycles. The smallest absolute Gasteiger partial charge is 0.410 e. The lowest BCUT2D eigenvalue weighted by Gasteiger charge is -2.24. The Morgan fingerprint density at radius 1 is 1.40 bits per heavy atom. The molecule has 0 spiro atoms. The van der Waals surface area contributed by atoms with Crippen molar-refractivity contribution in [2.24, 2.45) is 0 Å². The Labute approximate surface area is 152 Å². The Morgan fingerprint density at radius 2 is 2.12 bits per heavy atom. The first-order valence-electron chi connectivity index (χ1n) is 7.92. The molecule has 0 saturated heterocycles. The van der Waals surface area contributed by atoms with Gasteiger partial charge in [-0.25, -0.2) is 9.78 Å². The fourth-order valence-electron chi connectivity index (χ4n) is 2.26. The van der Waals surface area contributed by atoms with Gasteiger partial charge in [0.2, 0.25) is 0 Å². The molecule has 2 aromatic rings. The standard InChI is InChI=1S/C18H22ClN3O3/c1-18(2,3)25-17(24)22(4)8-6-14-13(11-23)9-15(21-14)12-5-7-20-16(19)10-12/h5,7,9-11,21H,6,8H2,1-4H3. The maximum atomic E-state index is 12.0. The molecule has 2 heterocycles. The fourth-order valence-corrected chi connectivity index (χ4v) is 2.44. The number of hydrogen-bond acceptors (Lipinski definition) is 4. The first-order valence-corrected chi connectivity index (χ1v) is 8.30. The highest BCUT2D eigenvalue weighted by Crippen LogP contribution is 2.23. The number of likely N-dealkylation sites (N-methyl/N-ethyl adjacent to an activating group) is 1. The number of hydrogen-bond donors (Lipinski definition) is 1. The Hall–Kier alpha value is -2.34. The number of nitrogens with one attached hydrogen (secondary N) is 1. The average molecular weight is 364 g/mol. The Bertz CT molecular complexity index is 765. The number of pyridine rings is 1. The van der Waals surface area contributed by atoms with E-state index >= 15 is 0 Å². The minimum atomic E-state index is -0.542. The first-order chi connectivity index (χ1) is 11.7. The van der Waals surface area contributed by atoms with Gasteiger partial charge in [-0.15, -0.1) is 0 Å². The number of H-pyrrole nitrogens is 1. The van der Waals surface area contributed by atoms with E-state index in [0.717, 1.165) is 23.2 Å². The van der Waals surface area contributed by atoms with E-state index in [1.54, 1.807) is 25.4 Å². The van der Waals surface area contributed by atoms with Crippen molar-refractivity contribution in [2.75, 3.05) is 13.6 Å². The van der Waals surface area contributed by atoms with Gasteiger partial charge in [-0.1, -0.05) is 11.6 Å². The van der Waals surface area contributed by atoms with Gasteiger partial charge in [0.25, 0.3) is 0 Å². The summed E-state index contributed by atoms with van der Waals surface area (Å²) in [6.45, 7) is 5.88. The molecule has 0 saturated carbocycles. The number of aromatic amines is 1. The van der Waals surface area contributed by atoms with Gasteiger partial charge in [0, 0.05) is 48.7 Å². The molecule has 0 unspecified atom stereocenters. The van der Waals surface area contributed by atoms with Crippen LogP contribution in [0, 0.1) is 0 Å². The molecule has 0 radical (unpaired) electrons. The molecule has 0 aliphatic carbocycles. The third-order valence-electron chi connectivity index (χ3n) is 3.50. The molecule has 134 valence electrons. The Morgan fingerprint density at radius 3 is 2.72 bits per heavy atom. The van der Waals surface area contributed by atoms with E-state index in [9.17, 15) is 9.59 Å². The van der Waals surface area contributed by atoms with Crippen molar-refractivity contribution in [2.45, 2.75) is 32.8 Å². The SMILES string of the molecule is CN(CCc1[nH]c(-c2ccnc(Cl)c2)cc1C=O)C(=O)OC(C)(C)C. The van der Waals surface area contributed by atoms with E-state index in [0.29, 0.717) is 23.7 Å². The second-order valence-corrected chi connectivity index (χ2v) is 7.14. The molecule has 25 heavy (non-hydrogen) atoms. The van der Waals surface area contributed by atoms with Gasteiger partial charge in [-0.2, -0.15) is 0 Å². The van der Waals surface area contributed by atoms with Gasteiger partial charge >= 0.3 is 6.09 Å². The summed E-state index contributed by atoms with van der Waals surface area (Å²) in [7, 11) is 1.67. The molecule has 0 aliphatic rings. The lowest BCUT2D eigenvalue weighted by molar-refractivity contribution is 0.0300. The number of aromatic nitrogens is 2. The van der Waals surface area contributed by atoms with Gasteiger partial charge in [-0.3, -0.25) is 4.79 Å². The Balaban J connectivity index is 2.09.